The Morgan fingerprint density at radius 2 is 2.04 bits per heavy atom. The van der Waals surface area contributed by atoms with E-state index in [1.165, 1.54) is 21.8 Å². The molecule has 124 valence electrons. The van der Waals surface area contributed by atoms with E-state index in [2.05, 4.69) is 25.2 Å². The highest BCUT2D eigenvalue weighted by Crippen LogP contribution is 2.37. The van der Waals surface area contributed by atoms with Crippen LogP contribution in [0.1, 0.15) is 42.7 Å². The van der Waals surface area contributed by atoms with Gasteiger partial charge in [0.2, 0.25) is 0 Å². The minimum Gasteiger partial charge on any atom is -0.364 e. The van der Waals surface area contributed by atoms with E-state index in [1.807, 2.05) is 0 Å². The number of ether oxygens (including phenoxy) is 1. The Morgan fingerprint density at radius 1 is 1.35 bits per heavy atom. The fourth-order valence-electron chi connectivity index (χ4n) is 3.70. The first-order valence-electron chi connectivity index (χ1n) is 8.40. The van der Waals surface area contributed by atoms with Gasteiger partial charge >= 0.3 is 0 Å². The standard InChI is InChI=1S/C17H23N3O2S/c1-11-8-20(9-12(2)22-11)10-16(21)19-17-14(7-18)13-5-3-4-6-15(13)23-17/h11-12H,3-6,8-10H2,1-2H3,(H,19,21)/p+1/t11-,12+. The van der Waals surface area contributed by atoms with Crippen molar-refractivity contribution >= 4 is 22.2 Å². The predicted molar refractivity (Wildman–Crippen MR) is 89.9 cm³/mol. The molecule has 3 rings (SSSR count). The van der Waals surface area contributed by atoms with Crippen LogP contribution in [0.2, 0.25) is 0 Å². The molecule has 5 nitrogen and oxygen atoms in total. The monoisotopic (exact) mass is 334 g/mol. The number of fused-ring (bicyclic) bond motifs is 1. The average Bonchev–Trinajstić information content (AvgIpc) is 2.82. The number of thiophene rings is 1. The molecule has 23 heavy (non-hydrogen) atoms. The highest BCUT2D eigenvalue weighted by Gasteiger charge is 2.28. The van der Waals surface area contributed by atoms with Crippen molar-refractivity contribution in [2.75, 3.05) is 25.0 Å². The summed E-state index contributed by atoms with van der Waals surface area (Å²) in [5.74, 6) is -0.00334. The third kappa shape index (κ3) is 3.74. The van der Waals surface area contributed by atoms with Crippen LogP contribution >= 0.6 is 11.3 Å². The first kappa shape index (κ1) is 16.4. The van der Waals surface area contributed by atoms with E-state index in [4.69, 9.17) is 4.74 Å². The minimum atomic E-state index is -0.00334. The minimum absolute atomic E-state index is 0.00334. The fourth-order valence-corrected chi connectivity index (χ4v) is 4.96. The lowest BCUT2D eigenvalue weighted by Crippen LogP contribution is -3.16. The van der Waals surface area contributed by atoms with Gasteiger partial charge in [-0.15, -0.1) is 11.3 Å². The molecule has 2 heterocycles. The van der Waals surface area contributed by atoms with Crippen molar-refractivity contribution in [3.05, 3.63) is 16.0 Å². The first-order chi connectivity index (χ1) is 11.1. The Kier molecular flexibility index (Phi) is 5.00. The van der Waals surface area contributed by atoms with Crippen LogP contribution < -0.4 is 10.2 Å². The Morgan fingerprint density at radius 3 is 2.74 bits per heavy atom. The van der Waals surface area contributed by atoms with Gasteiger partial charge < -0.3 is 15.0 Å². The lowest BCUT2D eigenvalue weighted by molar-refractivity contribution is -0.907. The number of nitriles is 1. The number of nitrogens with one attached hydrogen (secondary N) is 2. The largest absolute Gasteiger partial charge is 0.364 e. The second-order valence-electron chi connectivity index (χ2n) is 6.67. The number of hydrogen-bond acceptors (Lipinski definition) is 4. The van der Waals surface area contributed by atoms with Crippen LogP contribution in [0.25, 0.3) is 0 Å². The Bertz CT molecular complexity index is 625. The highest BCUT2D eigenvalue weighted by atomic mass is 32.1. The molecule has 1 aromatic rings. The number of amides is 1. The van der Waals surface area contributed by atoms with Gasteiger partial charge in [-0.1, -0.05) is 0 Å². The smallest absolute Gasteiger partial charge is 0.280 e. The van der Waals surface area contributed by atoms with Gasteiger partial charge in [-0.2, -0.15) is 5.26 Å². The van der Waals surface area contributed by atoms with Crippen molar-refractivity contribution in [3.8, 4) is 6.07 Å². The van der Waals surface area contributed by atoms with Gasteiger partial charge in [-0.25, -0.2) is 0 Å². The van der Waals surface area contributed by atoms with Crippen molar-refractivity contribution in [2.24, 2.45) is 0 Å². The zero-order valence-corrected chi connectivity index (χ0v) is 14.6. The van der Waals surface area contributed by atoms with Gasteiger partial charge in [0, 0.05) is 4.88 Å². The lowest BCUT2D eigenvalue weighted by Gasteiger charge is -2.31. The van der Waals surface area contributed by atoms with Gasteiger partial charge in [0.05, 0.1) is 5.56 Å². The number of hydrogen-bond donors (Lipinski definition) is 2. The summed E-state index contributed by atoms with van der Waals surface area (Å²) in [6.45, 7) is 6.24. The first-order valence-corrected chi connectivity index (χ1v) is 9.22. The summed E-state index contributed by atoms with van der Waals surface area (Å²) in [5.41, 5.74) is 1.86. The zero-order chi connectivity index (χ0) is 16.4. The van der Waals surface area contributed by atoms with Crippen molar-refractivity contribution in [1.82, 2.24) is 0 Å². The maximum Gasteiger partial charge on any atom is 0.280 e. The van der Waals surface area contributed by atoms with Gasteiger partial charge in [0.25, 0.3) is 5.91 Å². The summed E-state index contributed by atoms with van der Waals surface area (Å²) in [6.07, 6.45) is 4.69. The average molecular weight is 334 g/mol. The number of morpholine rings is 1. The molecule has 0 bridgehead atoms. The Balaban J connectivity index is 1.66. The van der Waals surface area contributed by atoms with Gasteiger partial charge in [-0.3, -0.25) is 4.79 Å². The molecule has 1 amide bonds. The van der Waals surface area contributed by atoms with Crippen LogP contribution in [-0.4, -0.2) is 37.7 Å². The quantitative estimate of drug-likeness (QED) is 0.871. The van der Waals surface area contributed by atoms with E-state index in [0.29, 0.717) is 12.1 Å². The molecule has 0 spiro atoms. The third-order valence-electron chi connectivity index (χ3n) is 4.56. The lowest BCUT2D eigenvalue weighted by atomic mass is 9.96. The molecule has 1 aliphatic heterocycles. The highest BCUT2D eigenvalue weighted by molar-refractivity contribution is 7.16. The third-order valence-corrected chi connectivity index (χ3v) is 5.77. The number of quaternary nitrogens is 1. The molecule has 1 aromatic heterocycles. The predicted octanol–water partition coefficient (Wildman–Crippen LogP) is 1.13. The van der Waals surface area contributed by atoms with Crippen LogP contribution in [0, 0.1) is 11.3 Å². The summed E-state index contributed by atoms with van der Waals surface area (Å²) in [6, 6.07) is 2.30. The van der Waals surface area contributed by atoms with E-state index < -0.39 is 0 Å². The van der Waals surface area contributed by atoms with Gasteiger partial charge in [0.15, 0.2) is 6.54 Å². The number of carbonyl (C=O) groups excluding carboxylic acids is 1. The van der Waals surface area contributed by atoms with Crippen LogP contribution in [0.3, 0.4) is 0 Å². The molecule has 2 N–H and O–H groups in total. The molecule has 0 saturated carbocycles. The van der Waals surface area contributed by atoms with E-state index in [-0.39, 0.29) is 18.1 Å². The van der Waals surface area contributed by atoms with E-state index in [9.17, 15) is 10.1 Å². The number of aryl methyl sites for hydroxylation is 1. The van der Waals surface area contributed by atoms with Gasteiger partial charge in [0.1, 0.15) is 36.4 Å². The molecular formula is C17H24N3O2S+. The molecular weight excluding hydrogens is 310 g/mol. The molecule has 3 atom stereocenters. The number of nitrogens with zero attached hydrogens (tertiary/aromatic N) is 1. The number of anilines is 1. The second-order valence-corrected chi connectivity index (χ2v) is 7.77. The normalized spacial score (nSPS) is 27.1. The molecule has 1 aliphatic carbocycles. The van der Waals surface area contributed by atoms with Crippen molar-refractivity contribution in [1.29, 1.82) is 5.26 Å². The Hall–Kier alpha value is -1.42. The molecule has 1 fully saturated rings. The van der Waals surface area contributed by atoms with Crippen molar-refractivity contribution < 1.29 is 14.4 Å². The van der Waals surface area contributed by atoms with Gasteiger partial charge in [-0.05, 0) is 45.1 Å². The van der Waals surface area contributed by atoms with E-state index in [0.717, 1.165) is 37.4 Å². The molecule has 0 aromatic carbocycles. The summed E-state index contributed by atoms with van der Waals surface area (Å²) < 4.78 is 5.71. The molecule has 2 aliphatic rings. The summed E-state index contributed by atoms with van der Waals surface area (Å²) in [5, 5.41) is 13.2. The summed E-state index contributed by atoms with van der Waals surface area (Å²) >= 11 is 1.59. The topological polar surface area (TPSA) is 66.6 Å². The van der Waals surface area contributed by atoms with Crippen LogP contribution in [0.15, 0.2) is 0 Å². The van der Waals surface area contributed by atoms with Crippen LogP contribution in [0.5, 0.6) is 0 Å². The van der Waals surface area contributed by atoms with Crippen LogP contribution in [0.4, 0.5) is 5.00 Å². The SMILES string of the molecule is C[C@@H]1C[NH+](CC(=O)Nc2sc3c(c2C#N)CCCC3)C[C@H](C)O1. The van der Waals surface area contributed by atoms with E-state index in [1.54, 1.807) is 11.3 Å². The molecule has 1 unspecified atom stereocenters. The zero-order valence-electron chi connectivity index (χ0n) is 13.8. The second kappa shape index (κ2) is 7.00. The molecule has 0 radical (unpaired) electrons. The van der Waals surface area contributed by atoms with Crippen LogP contribution in [-0.2, 0) is 22.4 Å². The van der Waals surface area contributed by atoms with Crippen molar-refractivity contribution in [2.45, 2.75) is 51.7 Å². The summed E-state index contributed by atoms with van der Waals surface area (Å²) in [7, 11) is 0. The maximum absolute atomic E-state index is 12.4. The fraction of sp³-hybridized carbons (Fsp3) is 0.647. The number of rotatable bonds is 3. The molecule has 1 saturated heterocycles. The summed E-state index contributed by atoms with van der Waals surface area (Å²) in [4.78, 5) is 14.9. The van der Waals surface area contributed by atoms with E-state index >= 15 is 0 Å². The number of carbonyl (C=O) groups is 1. The Labute approximate surface area is 141 Å². The van der Waals surface area contributed by atoms with Crippen molar-refractivity contribution in [3.63, 3.8) is 0 Å². The maximum atomic E-state index is 12.4. The molecule has 6 heteroatoms.